The van der Waals surface area contributed by atoms with E-state index in [4.69, 9.17) is 9.47 Å². The van der Waals surface area contributed by atoms with E-state index in [-0.39, 0.29) is 6.10 Å². The van der Waals surface area contributed by atoms with Crippen molar-refractivity contribution in [1.29, 1.82) is 0 Å². The van der Waals surface area contributed by atoms with Gasteiger partial charge in [0.05, 0.1) is 6.10 Å². The molecule has 2 heteroatoms. The van der Waals surface area contributed by atoms with Crippen LogP contribution in [0.25, 0.3) is 0 Å². The SMILES string of the molecule is CO[C@H](C)COc1ccccc1. The first-order valence-electron chi connectivity index (χ1n) is 4.03. The molecule has 1 rings (SSSR count). The first kappa shape index (κ1) is 9.07. The maximum atomic E-state index is 5.43. The number of ether oxygens (including phenoxy) is 2. The van der Waals surface area contributed by atoms with Crippen LogP contribution in [0.15, 0.2) is 30.3 Å². The molecule has 0 bridgehead atoms. The molecule has 0 saturated carbocycles. The second kappa shape index (κ2) is 4.78. The zero-order valence-corrected chi connectivity index (χ0v) is 7.49. The number of methoxy groups -OCH3 is 1. The molecule has 0 saturated heterocycles. The summed E-state index contributed by atoms with van der Waals surface area (Å²) in [6.07, 6.45) is 0.144. The fourth-order valence-electron chi connectivity index (χ4n) is 0.798. The fourth-order valence-corrected chi connectivity index (χ4v) is 0.798. The summed E-state index contributed by atoms with van der Waals surface area (Å²) in [5, 5.41) is 0. The van der Waals surface area contributed by atoms with Gasteiger partial charge in [0.1, 0.15) is 12.4 Å². The molecule has 0 amide bonds. The minimum absolute atomic E-state index is 0.144. The Hall–Kier alpha value is -1.02. The van der Waals surface area contributed by atoms with Gasteiger partial charge in [0.15, 0.2) is 0 Å². The van der Waals surface area contributed by atoms with Crippen LogP contribution >= 0.6 is 0 Å². The minimum Gasteiger partial charge on any atom is -0.491 e. The number of para-hydroxylation sites is 1. The van der Waals surface area contributed by atoms with Gasteiger partial charge >= 0.3 is 0 Å². The van der Waals surface area contributed by atoms with Crippen molar-refractivity contribution in [1.82, 2.24) is 0 Å². The Labute approximate surface area is 73.1 Å². The molecule has 0 spiro atoms. The summed E-state index contributed by atoms with van der Waals surface area (Å²) in [6, 6.07) is 9.73. The van der Waals surface area contributed by atoms with Gasteiger partial charge in [-0.3, -0.25) is 0 Å². The highest BCUT2D eigenvalue weighted by molar-refractivity contribution is 5.20. The van der Waals surface area contributed by atoms with Gasteiger partial charge in [-0.2, -0.15) is 0 Å². The van der Waals surface area contributed by atoms with Gasteiger partial charge in [0.2, 0.25) is 0 Å². The maximum Gasteiger partial charge on any atom is 0.119 e. The number of benzene rings is 1. The summed E-state index contributed by atoms with van der Waals surface area (Å²) in [5.41, 5.74) is 0. The maximum absolute atomic E-state index is 5.43. The summed E-state index contributed by atoms with van der Waals surface area (Å²) < 4.78 is 10.5. The molecule has 0 heterocycles. The molecule has 0 unspecified atom stereocenters. The Balaban J connectivity index is 2.33. The van der Waals surface area contributed by atoms with E-state index < -0.39 is 0 Å². The summed E-state index contributed by atoms with van der Waals surface area (Å²) in [5.74, 6) is 0.890. The monoisotopic (exact) mass is 166 g/mol. The van der Waals surface area contributed by atoms with Crippen molar-refractivity contribution in [2.24, 2.45) is 0 Å². The van der Waals surface area contributed by atoms with Gasteiger partial charge in [0, 0.05) is 7.11 Å². The molecule has 0 radical (unpaired) electrons. The predicted molar refractivity (Wildman–Crippen MR) is 48.4 cm³/mol. The molecular weight excluding hydrogens is 152 g/mol. The Kier molecular flexibility index (Phi) is 3.61. The molecule has 1 aromatic rings. The zero-order valence-electron chi connectivity index (χ0n) is 7.49. The highest BCUT2D eigenvalue weighted by atomic mass is 16.5. The number of rotatable bonds is 4. The Morgan fingerprint density at radius 2 is 1.92 bits per heavy atom. The molecule has 66 valence electrons. The van der Waals surface area contributed by atoms with E-state index in [1.54, 1.807) is 7.11 Å². The van der Waals surface area contributed by atoms with Crippen LogP contribution in [0.4, 0.5) is 0 Å². The Morgan fingerprint density at radius 1 is 1.25 bits per heavy atom. The van der Waals surface area contributed by atoms with Gasteiger partial charge in [-0.05, 0) is 19.1 Å². The van der Waals surface area contributed by atoms with Crippen LogP contribution in [0.1, 0.15) is 6.92 Å². The van der Waals surface area contributed by atoms with Crippen molar-refractivity contribution in [3.05, 3.63) is 30.3 Å². The highest BCUT2D eigenvalue weighted by Crippen LogP contribution is 2.08. The molecule has 1 atom stereocenters. The number of hydrogen-bond donors (Lipinski definition) is 0. The highest BCUT2D eigenvalue weighted by Gasteiger charge is 1.98. The lowest BCUT2D eigenvalue weighted by Gasteiger charge is -2.10. The normalized spacial score (nSPS) is 12.5. The van der Waals surface area contributed by atoms with E-state index >= 15 is 0 Å². The molecular formula is C10H14O2. The third-order valence-corrected chi connectivity index (χ3v) is 1.63. The average molecular weight is 166 g/mol. The van der Waals surface area contributed by atoms with Gasteiger partial charge in [0.25, 0.3) is 0 Å². The standard InChI is InChI=1S/C10H14O2/c1-9(11-2)8-12-10-6-4-3-5-7-10/h3-7,9H,8H2,1-2H3/t9-/m1/s1. The lowest BCUT2D eigenvalue weighted by Crippen LogP contribution is -2.15. The lowest BCUT2D eigenvalue weighted by molar-refractivity contribution is 0.0717. The number of hydrogen-bond acceptors (Lipinski definition) is 2. The van der Waals surface area contributed by atoms with Crippen LogP contribution in [-0.4, -0.2) is 19.8 Å². The molecule has 0 aliphatic carbocycles. The fraction of sp³-hybridized carbons (Fsp3) is 0.400. The second-order valence-electron chi connectivity index (χ2n) is 2.67. The van der Waals surface area contributed by atoms with Crippen molar-refractivity contribution in [3.63, 3.8) is 0 Å². The molecule has 0 aliphatic rings. The van der Waals surface area contributed by atoms with E-state index in [9.17, 15) is 0 Å². The summed E-state index contributed by atoms with van der Waals surface area (Å²) in [4.78, 5) is 0. The predicted octanol–water partition coefficient (Wildman–Crippen LogP) is 2.10. The van der Waals surface area contributed by atoms with Crippen molar-refractivity contribution >= 4 is 0 Å². The van der Waals surface area contributed by atoms with Crippen LogP contribution in [0.5, 0.6) is 5.75 Å². The van der Waals surface area contributed by atoms with E-state index in [2.05, 4.69) is 0 Å². The van der Waals surface area contributed by atoms with Gasteiger partial charge in [-0.25, -0.2) is 0 Å². The topological polar surface area (TPSA) is 18.5 Å². The molecule has 1 aromatic carbocycles. The summed E-state index contributed by atoms with van der Waals surface area (Å²) in [6.45, 7) is 2.57. The van der Waals surface area contributed by atoms with Crippen LogP contribution in [0.3, 0.4) is 0 Å². The Morgan fingerprint density at radius 3 is 2.50 bits per heavy atom. The van der Waals surface area contributed by atoms with Crippen LogP contribution in [0, 0.1) is 0 Å². The largest absolute Gasteiger partial charge is 0.491 e. The van der Waals surface area contributed by atoms with E-state index in [0.717, 1.165) is 5.75 Å². The van der Waals surface area contributed by atoms with Crippen molar-refractivity contribution in [2.45, 2.75) is 13.0 Å². The zero-order chi connectivity index (χ0) is 8.81. The van der Waals surface area contributed by atoms with Crippen molar-refractivity contribution in [2.75, 3.05) is 13.7 Å². The molecule has 12 heavy (non-hydrogen) atoms. The average Bonchev–Trinajstić information content (AvgIpc) is 2.16. The Bertz CT molecular complexity index is 208. The molecule has 0 aliphatic heterocycles. The third-order valence-electron chi connectivity index (χ3n) is 1.63. The van der Waals surface area contributed by atoms with Gasteiger partial charge < -0.3 is 9.47 Å². The second-order valence-corrected chi connectivity index (χ2v) is 2.67. The summed E-state index contributed by atoms with van der Waals surface area (Å²) >= 11 is 0. The quantitative estimate of drug-likeness (QED) is 0.682. The van der Waals surface area contributed by atoms with Crippen LogP contribution < -0.4 is 4.74 Å². The van der Waals surface area contributed by atoms with Crippen molar-refractivity contribution in [3.8, 4) is 5.75 Å². The molecule has 0 fully saturated rings. The molecule has 2 nitrogen and oxygen atoms in total. The van der Waals surface area contributed by atoms with Crippen molar-refractivity contribution < 1.29 is 9.47 Å². The minimum atomic E-state index is 0.144. The van der Waals surface area contributed by atoms with E-state index in [1.165, 1.54) is 0 Å². The van der Waals surface area contributed by atoms with Gasteiger partial charge in [-0.1, -0.05) is 18.2 Å². The smallest absolute Gasteiger partial charge is 0.119 e. The van der Waals surface area contributed by atoms with E-state index in [0.29, 0.717) is 6.61 Å². The summed E-state index contributed by atoms with van der Waals surface area (Å²) in [7, 11) is 1.68. The molecule has 0 N–H and O–H groups in total. The first-order valence-corrected chi connectivity index (χ1v) is 4.03. The molecule has 0 aromatic heterocycles. The van der Waals surface area contributed by atoms with Crippen LogP contribution in [0.2, 0.25) is 0 Å². The third kappa shape index (κ3) is 2.93. The van der Waals surface area contributed by atoms with E-state index in [1.807, 2.05) is 37.3 Å². The van der Waals surface area contributed by atoms with Crippen LogP contribution in [-0.2, 0) is 4.74 Å². The lowest BCUT2D eigenvalue weighted by atomic mass is 10.3. The first-order chi connectivity index (χ1) is 5.83. The van der Waals surface area contributed by atoms with Gasteiger partial charge in [-0.15, -0.1) is 0 Å².